The predicted molar refractivity (Wildman–Crippen MR) is 94.6 cm³/mol. The van der Waals surface area contributed by atoms with Crippen molar-refractivity contribution < 1.29 is 0 Å². The molecule has 21 heavy (non-hydrogen) atoms. The van der Waals surface area contributed by atoms with Crippen molar-refractivity contribution in [3.05, 3.63) is 34.3 Å². The standard InChI is InChI=1S/C18H29BrN2/c1-3-5-15-10-12-21(14-15)13-11-18(20-4-2)16-6-8-17(19)9-7-16/h6-9,15,18,20H,3-5,10-14H2,1-2H3. The van der Waals surface area contributed by atoms with Gasteiger partial charge in [0.1, 0.15) is 0 Å². The maximum Gasteiger partial charge on any atom is 0.0332 e. The molecule has 1 heterocycles. The fourth-order valence-corrected chi connectivity index (χ4v) is 3.66. The summed E-state index contributed by atoms with van der Waals surface area (Å²) in [5.41, 5.74) is 1.41. The minimum Gasteiger partial charge on any atom is -0.310 e. The molecule has 1 aliphatic heterocycles. The molecule has 2 atom stereocenters. The third-order valence-electron chi connectivity index (χ3n) is 4.52. The normalized spacial score (nSPS) is 20.8. The first-order valence-electron chi connectivity index (χ1n) is 8.44. The van der Waals surface area contributed by atoms with Crippen molar-refractivity contribution in [2.75, 3.05) is 26.2 Å². The van der Waals surface area contributed by atoms with E-state index < -0.39 is 0 Å². The molecule has 2 unspecified atom stereocenters. The molecular weight excluding hydrogens is 324 g/mol. The van der Waals surface area contributed by atoms with Crippen molar-refractivity contribution >= 4 is 15.9 Å². The number of nitrogens with zero attached hydrogens (tertiary/aromatic N) is 1. The van der Waals surface area contributed by atoms with Crippen molar-refractivity contribution in [1.29, 1.82) is 0 Å². The smallest absolute Gasteiger partial charge is 0.0332 e. The summed E-state index contributed by atoms with van der Waals surface area (Å²) in [5.74, 6) is 0.945. The van der Waals surface area contributed by atoms with Crippen LogP contribution in [0.2, 0.25) is 0 Å². The summed E-state index contributed by atoms with van der Waals surface area (Å²) < 4.78 is 1.16. The van der Waals surface area contributed by atoms with Crippen LogP contribution < -0.4 is 5.32 Å². The summed E-state index contributed by atoms with van der Waals surface area (Å²) in [4.78, 5) is 2.66. The van der Waals surface area contributed by atoms with E-state index >= 15 is 0 Å². The van der Waals surface area contributed by atoms with Crippen LogP contribution >= 0.6 is 15.9 Å². The summed E-state index contributed by atoms with van der Waals surface area (Å²) in [6.07, 6.45) is 5.34. The number of hydrogen-bond donors (Lipinski definition) is 1. The predicted octanol–water partition coefficient (Wildman–Crippen LogP) is 4.61. The molecule has 1 aromatic rings. The fraction of sp³-hybridized carbons (Fsp3) is 0.667. The van der Waals surface area contributed by atoms with Gasteiger partial charge in [-0.25, -0.2) is 0 Å². The van der Waals surface area contributed by atoms with E-state index in [1.54, 1.807) is 0 Å². The van der Waals surface area contributed by atoms with Crippen molar-refractivity contribution in [2.24, 2.45) is 5.92 Å². The van der Waals surface area contributed by atoms with Gasteiger partial charge in [0.25, 0.3) is 0 Å². The van der Waals surface area contributed by atoms with Crippen LogP contribution in [-0.2, 0) is 0 Å². The Balaban J connectivity index is 1.84. The third-order valence-corrected chi connectivity index (χ3v) is 5.05. The molecule has 0 aliphatic carbocycles. The molecule has 0 saturated carbocycles. The number of halogens is 1. The quantitative estimate of drug-likeness (QED) is 0.734. The van der Waals surface area contributed by atoms with E-state index in [1.807, 2.05) is 0 Å². The van der Waals surface area contributed by atoms with Gasteiger partial charge in [0.05, 0.1) is 0 Å². The van der Waals surface area contributed by atoms with Crippen LogP contribution in [0.4, 0.5) is 0 Å². The van der Waals surface area contributed by atoms with Crippen molar-refractivity contribution in [2.45, 2.75) is 45.6 Å². The second-order valence-electron chi connectivity index (χ2n) is 6.19. The van der Waals surface area contributed by atoms with Gasteiger partial charge in [0, 0.05) is 17.1 Å². The topological polar surface area (TPSA) is 15.3 Å². The molecule has 1 fully saturated rings. The zero-order valence-corrected chi connectivity index (χ0v) is 15.0. The van der Waals surface area contributed by atoms with Gasteiger partial charge in [-0.1, -0.05) is 48.3 Å². The Morgan fingerprint density at radius 2 is 2.05 bits per heavy atom. The molecular formula is C18H29BrN2. The molecule has 0 bridgehead atoms. The Morgan fingerprint density at radius 1 is 1.29 bits per heavy atom. The first-order chi connectivity index (χ1) is 10.2. The second kappa shape index (κ2) is 8.92. The van der Waals surface area contributed by atoms with Crippen LogP contribution in [0.5, 0.6) is 0 Å². The van der Waals surface area contributed by atoms with E-state index in [0.717, 1.165) is 16.9 Å². The van der Waals surface area contributed by atoms with Crippen molar-refractivity contribution in [3.8, 4) is 0 Å². The number of benzene rings is 1. The zero-order valence-electron chi connectivity index (χ0n) is 13.4. The summed E-state index contributed by atoms with van der Waals surface area (Å²) in [5, 5.41) is 3.64. The maximum absolute atomic E-state index is 3.64. The largest absolute Gasteiger partial charge is 0.310 e. The lowest BCUT2D eigenvalue weighted by atomic mass is 10.0. The lowest BCUT2D eigenvalue weighted by Gasteiger charge is -2.22. The molecule has 3 heteroatoms. The van der Waals surface area contributed by atoms with Crippen LogP contribution in [0.3, 0.4) is 0 Å². The lowest BCUT2D eigenvalue weighted by molar-refractivity contribution is 0.297. The first kappa shape index (κ1) is 17.0. The number of hydrogen-bond acceptors (Lipinski definition) is 2. The van der Waals surface area contributed by atoms with Crippen LogP contribution in [-0.4, -0.2) is 31.1 Å². The molecule has 118 valence electrons. The van der Waals surface area contributed by atoms with Crippen LogP contribution in [0.25, 0.3) is 0 Å². The van der Waals surface area contributed by atoms with Gasteiger partial charge < -0.3 is 10.2 Å². The van der Waals surface area contributed by atoms with Crippen LogP contribution in [0.1, 0.15) is 51.1 Å². The molecule has 0 spiro atoms. The van der Waals surface area contributed by atoms with Gasteiger partial charge in [0.15, 0.2) is 0 Å². The minimum absolute atomic E-state index is 0.480. The van der Waals surface area contributed by atoms with E-state index in [4.69, 9.17) is 0 Å². The molecule has 0 aromatic heterocycles. The van der Waals surface area contributed by atoms with E-state index in [9.17, 15) is 0 Å². The highest BCUT2D eigenvalue weighted by molar-refractivity contribution is 9.10. The molecule has 1 N–H and O–H groups in total. The molecule has 2 nitrogen and oxygen atoms in total. The molecule has 1 aromatic carbocycles. The third kappa shape index (κ3) is 5.39. The lowest BCUT2D eigenvalue weighted by Crippen LogP contribution is -2.28. The highest BCUT2D eigenvalue weighted by atomic mass is 79.9. The highest BCUT2D eigenvalue weighted by Crippen LogP contribution is 2.24. The Kier molecular flexibility index (Phi) is 7.21. The SMILES string of the molecule is CCCC1CCN(CCC(NCC)c2ccc(Br)cc2)C1. The fourth-order valence-electron chi connectivity index (χ4n) is 3.40. The van der Waals surface area contributed by atoms with Gasteiger partial charge in [0.2, 0.25) is 0 Å². The summed E-state index contributed by atoms with van der Waals surface area (Å²) in [6, 6.07) is 9.25. The van der Waals surface area contributed by atoms with E-state index in [-0.39, 0.29) is 0 Å². The second-order valence-corrected chi connectivity index (χ2v) is 7.11. The van der Waals surface area contributed by atoms with Crippen molar-refractivity contribution in [1.82, 2.24) is 10.2 Å². The number of nitrogens with one attached hydrogen (secondary N) is 1. The maximum atomic E-state index is 3.64. The molecule has 1 saturated heterocycles. The Hall–Kier alpha value is -0.380. The molecule has 0 radical (unpaired) electrons. The van der Waals surface area contributed by atoms with Crippen LogP contribution in [0, 0.1) is 5.92 Å². The Labute approximate surface area is 138 Å². The monoisotopic (exact) mass is 352 g/mol. The number of likely N-dealkylation sites (tertiary alicyclic amines) is 1. The zero-order chi connectivity index (χ0) is 15.1. The Morgan fingerprint density at radius 3 is 2.71 bits per heavy atom. The average molecular weight is 353 g/mol. The van der Waals surface area contributed by atoms with Gasteiger partial charge >= 0.3 is 0 Å². The van der Waals surface area contributed by atoms with Gasteiger partial charge in [-0.2, -0.15) is 0 Å². The first-order valence-corrected chi connectivity index (χ1v) is 9.23. The highest BCUT2D eigenvalue weighted by Gasteiger charge is 2.22. The van der Waals surface area contributed by atoms with E-state index in [1.165, 1.54) is 50.9 Å². The Bertz CT molecular complexity index is 404. The van der Waals surface area contributed by atoms with Crippen molar-refractivity contribution in [3.63, 3.8) is 0 Å². The summed E-state index contributed by atoms with van der Waals surface area (Å²) >= 11 is 3.52. The molecule has 0 amide bonds. The molecule has 2 rings (SSSR count). The molecule has 1 aliphatic rings. The van der Waals surface area contributed by atoms with Crippen LogP contribution in [0.15, 0.2) is 28.7 Å². The van der Waals surface area contributed by atoms with Gasteiger partial charge in [-0.05, 0) is 62.5 Å². The minimum atomic E-state index is 0.480. The summed E-state index contributed by atoms with van der Waals surface area (Å²) in [6.45, 7) is 9.35. The average Bonchev–Trinajstić information content (AvgIpc) is 2.93. The van der Waals surface area contributed by atoms with Gasteiger partial charge in [-0.15, -0.1) is 0 Å². The number of rotatable bonds is 8. The van der Waals surface area contributed by atoms with E-state index in [0.29, 0.717) is 6.04 Å². The summed E-state index contributed by atoms with van der Waals surface area (Å²) in [7, 11) is 0. The van der Waals surface area contributed by atoms with E-state index in [2.05, 4.69) is 64.3 Å². The van der Waals surface area contributed by atoms with Gasteiger partial charge in [-0.3, -0.25) is 0 Å².